The fourth-order valence-electron chi connectivity index (χ4n) is 1.88. The second kappa shape index (κ2) is 9.48. The van der Waals surface area contributed by atoms with Crippen LogP contribution < -0.4 is 10.5 Å². The van der Waals surface area contributed by atoms with Crippen molar-refractivity contribution in [3.8, 4) is 17.1 Å². The van der Waals surface area contributed by atoms with Crippen molar-refractivity contribution in [2.45, 2.75) is 13.8 Å². The van der Waals surface area contributed by atoms with E-state index < -0.39 is 5.41 Å². The molecule has 0 saturated heterocycles. The van der Waals surface area contributed by atoms with Gasteiger partial charge in [0, 0.05) is 11.8 Å². The second-order valence-electron chi connectivity index (χ2n) is 5.67. The summed E-state index contributed by atoms with van der Waals surface area (Å²) in [6, 6.07) is 7.44. The Balaban J connectivity index is 0.00000151. The maximum atomic E-state index is 11.6. The van der Waals surface area contributed by atoms with Crippen LogP contribution in [-0.2, 0) is 9.53 Å². The Kier molecular flexibility index (Phi) is 7.68. The minimum Gasteiger partial charge on any atom is -0.475 e. The zero-order valence-electron chi connectivity index (χ0n) is 14.9. The van der Waals surface area contributed by atoms with Crippen molar-refractivity contribution in [3.05, 3.63) is 42.2 Å². The minimum absolute atomic E-state index is 0.154. The summed E-state index contributed by atoms with van der Waals surface area (Å²) in [6.45, 7) is 3.64. The second-order valence-corrected chi connectivity index (χ2v) is 5.67. The molecule has 0 atom stereocenters. The molecule has 0 radical (unpaired) electrons. The van der Waals surface area contributed by atoms with Gasteiger partial charge in [-0.2, -0.15) is 0 Å². The van der Waals surface area contributed by atoms with Gasteiger partial charge in [-0.1, -0.05) is 24.3 Å². The first-order valence-electron chi connectivity index (χ1n) is 7.68. The van der Waals surface area contributed by atoms with E-state index in [1.165, 1.54) is 26.6 Å². The number of nitrogens with two attached hydrogens (primary N) is 1. The molecule has 1 aromatic carbocycles. The lowest BCUT2D eigenvalue weighted by atomic mass is 9.95. The molecule has 1 aromatic heterocycles. The molecule has 0 bridgehead atoms. The van der Waals surface area contributed by atoms with E-state index in [0.717, 1.165) is 11.1 Å². The number of nitrogens with one attached hydrogen (secondary N) is 1. The number of hydrogen-bond donors (Lipinski definition) is 2. The van der Waals surface area contributed by atoms with Crippen molar-refractivity contribution in [1.29, 1.82) is 5.41 Å². The highest BCUT2D eigenvalue weighted by Gasteiger charge is 2.29. The highest BCUT2D eigenvalue weighted by Crippen LogP contribution is 2.21. The number of ether oxygens (including phenoxy) is 2. The van der Waals surface area contributed by atoms with Crippen LogP contribution in [0.25, 0.3) is 11.3 Å². The Morgan fingerprint density at radius 3 is 2.32 bits per heavy atom. The molecule has 0 aliphatic rings. The zero-order valence-corrected chi connectivity index (χ0v) is 14.9. The molecule has 0 spiro atoms. The number of esters is 1. The van der Waals surface area contributed by atoms with Gasteiger partial charge in [0.15, 0.2) is 0 Å². The van der Waals surface area contributed by atoms with Gasteiger partial charge in [0.05, 0.1) is 30.6 Å². The fourth-order valence-corrected chi connectivity index (χ4v) is 1.88. The van der Waals surface area contributed by atoms with Crippen molar-refractivity contribution in [2.75, 3.05) is 20.8 Å². The lowest BCUT2D eigenvalue weighted by Gasteiger charge is -2.21. The van der Waals surface area contributed by atoms with Crippen LogP contribution in [0, 0.1) is 10.8 Å². The van der Waals surface area contributed by atoms with Crippen LogP contribution >= 0.6 is 0 Å². The number of methoxy groups -OCH3 is 1. The molecule has 0 saturated carbocycles. The number of benzene rings is 1. The molecule has 0 unspecified atom stereocenters. The first kappa shape index (κ1) is 20.2. The van der Waals surface area contributed by atoms with Gasteiger partial charge in [-0.15, -0.1) is 0 Å². The average Bonchev–Trinajstić information content (AvgIpc) is 2.68. The molecular formula is C18H24N4O3. The van der Waals surface area contributed by atoms with Gasteiger partial charge < -0.3 is 20.6 Å². The third-order valence-corrected chi connectivity index (χ3v) is 3.32. The molecule has 25 heavy (non-hydrogen) atoms. The Morgan fingerprint density at radius 2 is 1.84 bits per heavy atom. The molecule has 0 aliphatic carbocycles. The van der Waals surface area contributed by atoms with Gasteiger partial charge in [-0.25, -0.2) is 9.97 Å². The monoisotopic (exact) mass is 344 g/mol. The van der Waals surface area contributed by atoms with Crippen LogP contribution in [-0.4, -0.2) is 42.9 Å². The van der Waals surface area contributed by atoms with Gasteiger partial charge in [-0.3, -0.25) is 4.79 Å². The first-order chi connectivity index (χ1) is 12.0. The summed E-state index contributed by atoms with van der Waals surface area (Å²) in [5.74, 6) is 0.00945. The van der Waals surface area contributed by atoms with Crippen LogP contribution in [0.1, 0.15) is 19.4 Å². The predicted octanol–water partition coefficient (Wildman–Crippen LogP) is 2.29. The summed E-state index contributed by atoms with van der Waals surface area (Å²) in [7, 11) is 2.85. The van der Waals surface area contributed by atoms with E-state index in [-0.39, 0.29) is 12.6 Å². The van der Waals surface area contributed by atoms with E-state index in [1.807, 2.05) is 24.3 Å². The summed E-state index contributed by atoms with van der Waals surface area (Å²) in [5, 5.41) is 7.19. The van der Waals surface area contributed by atoms with Crippen molar-refractivity contribution in [1.82, 2.24) is 9.97 Å². The molecule has 134 valence electrons. The molecular weight excluding hydrogens is 320 g/mol. The molecule has 3 N–H and O–H groups in total. The minimum atomic E-state index is -0.752. The molecule has 2 aromatic rings. The summed E-state index contributed by atoms with van der Waals surface area (Å²) in [4.78, 5) is 20.1. The first-order valence-corrected chi connectivity index (χ1v) is 7.68. The summed E-state index contributed by atoms with van der Waals surface area (Å²) < 4.78 is 10.2. The number of nitrogens with zero attached hydrogens (tertiary/aromatic N) is 2. The smallest absolute Gasteiger partial charge is 0.314 e. The predicted molar refractivity (Wildman–Crippen MR) is 96.8 cm³/mol. The quantitative estimate of drug-likeness (QED) is 0.614. The van der Waals surface area contributed by atoms with Crippen molar-refractivity contribution in [2.24, 2.45) is 11.1 Å². The molecule has 0 aliphatic heterocycles. The van der Waals surface area contributed by atoms with Crippen LogP contribution in [0.2, 0.25) is 0 Å². The highest BCUT2D eigenvalue weighted by molar-refractivity contribution is 5.78. The van der Waals surface area contributed by atoms with Gasteiger partial charge in [0.25, 0.3) is 0 Å². The molecule has 2 rings (SSSR count). The zero-order chi connectivity index (χ0) is 18.9. The third-order valence-electron chi connectivity index (χ3n) is 3.32. The van der Waals surface area contributed by atoms with Gasteiger partial charge in [-0.05, 0) is 26.5 Å². The molecule has 0 fully saturated rings. The average molecular weight is 344 g/mol. The van der Waals surface area contributed by atoms with E-state index >= 15 is 0 Å². The largest absolute Gasteiger partial charge is 0.475 e. The Bertz CT molecular complexity index is 682. The molecule has 0 amide bonds. The molecule has 7 nitrogen and oxygen atoms in total. The van der Waals surface area contributed by atoms with Crippen molar-refractivity contribution >= 4 is 12.2 Å². The van der Waals surface area contributed by atoms with Gasteiger partial charge >= 0.3 is 5.97 Å². The van der Waals surface area contributed by atoms with Crippen molar-refractivity contribution in [3.63, 3.8) is 0 Å². The summed E-state index contributed by atoms with van der Waals surface area (Å²) in [5.41, 5.74) is 6.19. The number of carbonyl (C=O) groups excluding carboxylic acids is 1. The Labute approximate surface area is 147 Å². The van der Waals surface area contributed by atoms with E-state index in [1.54, 1.807) is 20.0 Å². The van der Waals surface area contributed by atoms with Gasteiger partial charge in [0.2, 0.25) is 5.88 Å². The normalized spacial score (nSPS) is 10.3. The number of aromatic nitrogens is 2. The van der Waals surface area contributed by atoms with E-state index in [0.29, 0.717) is 11.6 Å². The number of carbonyl (C=O) groups is 1. The third kappa shape index (κ3) is 5.65. The lowest BCUT2D eigenvalue weighted by molar-refractivity contribution is -0.152. The van der Waals surface area contributed by atoms with Crippen LogP contribution in [0.5, 0.6) is 5.88 Å². The Morgan fingerprint density at radius 1 is 1.20 bits per heavy atom. The summed E-state index contributed by atoms with van der Waals surface area (Å²) in [6.07, 6.45) is 4.42. The standard InChI is InChI=1S/C17H19N3O3.CH5N/c1-17(2,16(21)22-3)11-23-15-10-19-14(9-20-15)13-6-4-12(8-18)5-7-13;1-2/h4-10,18H,11H2,1-3H3;2H2,1H3. The van der Waals surface area contributed by atoms with Crippen LogP contribution in [0.15, 0.2) is 36.7 Å². The van der Waals surface area contributed by atoms with E-state index in [9.17, 15) is 4.79 Å². The maximum absolute atomic E-state index is 11.6. The SMILES string of the molecule is CN.COC(=O)C(C)(C)COc1cnc(-c2ccc(C=N)cc2)cn1. The maximum Gasteiger partial charge on any atom is 0.314 e. The molecule has 7 heteroatoms. The van der Waals surface area contributed by atoms with Crippen LogP contribution in [0.4, 0.5) is 0 Å². The molecule has 1 heterocycles. The number of hydrogen-bond acceptors (Lipinski definition) is 7. The van der Waals surface area contributed by atoms with E-state index in [2.05, 4.69) is 15.7 Å². The summed E-state index contributed by atoms with van der Waals surface area (Å²) >= 11 is 0. The lowest BCUT2D eigenvalue weighted by Crippen LogP contribution is -2.32. The van der Waals surface area contributed by atoms with Gasteiger partial charge in [0.1, 0.15) is 6.61 Å². The van der Waals surface area contributed by atoms with E-state index in [4.69, 9.17) is 14.9 Å². The topological polar surface area (TPSA) is 111 Å². The number of rotatable bonds is 6. The fraction of sp³-hybridized carbons (Fsp3) is 0.333. The highest BCUT2D eigenvalue weighted by atomic mass is 16.5. The van der Waals surface area contributed by atoms with Crippen LogP contribution in [0.3, 0.4) is 0 Å². The Hall–Kier alpha value is -2.80. The van der Waals surface area contributed by atoms with Crippen molar-refractivity contribution < 1.29 is 14.3 Å².